The fraction of sp³-hybridized carbons (Fsp3) is 0.333. The van der Waals surface area contributed by atoms with Crippen LogP contribution in [-0.4, -0.2) is 34.1 Å². The Morgan fingerprint density at radius 3 is 2.60 bits per heavy atom. The van der Waals surface area contributed by atoms with Crippen molar-refractivity contribution in [2.75, 3.05) is 13.1 Å². The number of hydrogen-bond donors (Lipinski definition) is 1. The Balaban J connectivity index is 0.00000147. The number of nitrogens with zero attached hydrogens (tertiary/aromatic N) is 2. The zero-order valence-electron chi connectivity index (χ0n) is 11.4. The van der Waals surface area contributed by atoms with Crippen molar-refractivity contribution < 1.29 is 4.79 Å². The predicted octanol–water partition coefficient (Wildman–Crippen LogP) is 2.45. The van der Waals surface area contributed by atoms with Crippen molar-refractivity contribution in [1.82, 2.24) is 15.1 Å². The van der Waals surface area contributed by atoms with Gasteiger partial charge in [0.1, 0.15) is 0 Å². The summed E-state index contributed by atoms with van der Waals surface area (Å²) in [5.41, 5.74) is 4.59. The Morgan fingerprint density at radius 2 is 1.90 bits per heavy atom. The third-order valence-corrected chi connectivity index (χ3v) is 3.71. The molecule has 0 fully saturated rings. The highest BCUT2D eigenvalue weighted by atomic mass is 35.5. The summed E-state index contributed by atoms with van der Waals surface area (Å²) >= 11 is 0. The number of rotatable bonds is 1. The van der Waals surface area contributed by atoms with E-state index in [0.29, 0.717) is 0 Å². The largest absolute Gasteiger partial charge is 0.342 e. The first-order valence-electron chi connectivity index (χ1n) is 6.63. The molecule has 3 rings (SSSR count). The number of H-pyrrole nitrogens is 1. The van der Waals surface area contributed by atoms with Gasteiger partial charge in [-0.15, -0.1) is 12.4 Å². The smallest absolute Gasteiger partial charge is 0.219 e. The molecule has 1 aromatic carbocycles. The molecule has 0 radical (unpaired) electrons. The molecule has 0 saturated heterocycles. The van der Waals surface area contributed by atoms with Crippen LogP contribution in [0.5, 0.6) is 0 Å². The van der Waals surface area contributed by atoms with Gasteiger partial charge in [-0.05, 0) is 6.42 Å². The number of carbonyl (C=O) groups excluding carboxylic acids is 1. The molecule has 0 aliphatic carbocycles. The van der Waals surface area contributed by atoms with Gasteiger partial charge in [-0.3, -0.25) is 9.89 Å². The van der Waals surface area contributed by atoms with Crippen LogP contribution in [0.3, 0.4) is 0 Å². The quantitative estimate of drug-likeness (QED) is 0.877. The van der Waals surface area contributed by atoms with Gasteiger partial charge in [0.15, 0.2) is 0 Å². The second-order valence-electron chi connectivity index (χ2n) is 4.90. The SMILES string of the molecule is CC(=O)N1CCc2[nH]nc(-c3ccccc3)c2CC1.Cl. The molecule has 2 aromatic rings. The van der Waals surface area contributed by atoms with Crippen LogP contribution >= 0.6 is 12.4 Å². The molecule has 1 amide bonds. The van der Waals surface area contributed by atoms with Gasteiger partial charge in [-0.25, -0.2) is 0 Å². The van der Waals surface area contributed by atoms with E-state index < -0.39 is 0 Å². The minimum atomic E-state index is 0. The first-order chi connectivity index (χ1) is 9.25. The molecule has 0 atom stereocenters. The average Bonchev–Trinajstić information content (AvgIpc) is 2.71. The lowest BCUT2D eigenvalue weighted by Crippen LogP contribution is -2.31. The maximum atomic E-state index is 11.5. The van der Waals surface area contributed by atoms with Crippen LogP contribution in [0.15, 0.2) is 30.3 Å². The maximum Gasteiger partial charge on any atom is 0.219 e. The van der Waals surface area contributed by atoms with Gasteiger partial charge in [0.25, 0.3) is 0 Å². The van der Waals surface area contributed by atoms with Crippen LogP contribution in [0.4, 0.5) is 0 Å². The summed E-state index contributed by atoms with van der Waals surface area (Å²) in [6, 6.07) is 10.2. The van der Waals surface area contributed by atoms with Crippen LogP contribution in [-0.2, 0) is 17.6 Å². The number of aromatic nitrogens is 2. The van der Waals surface area contributed by atoms with Gasteiger partial charge in [0, 0.05) is 43.3 Å². The van der Waals surface area contributed by atoms with E-state index in [0.717, 1.165) is 37.2 Å². The summed E-state index contributed by atoms with van der Waals surface area (Å²) < 4.78 is 0. The van der Waals surface area contributed by atoms with Crippen LogP contribution < -0.4 is 0 Å². The first-order valence-corrected chi connectivity index (χ1v) is 6.63. The number of carbonyl (C=O) groups is 1. The van der Waals surface area contributed by atoms with Gasteiger partial charge in [0.05, 0.1) is 5.69 Å². The normalized spacial score (nSPS) is 14.2. The van der Waals surface area contributed by atoms with Crippen LogP contribution in [0.2, 0.25) is 0 Å². The van der Waals surface area contributed by atoms with E-state index in [9.17, 15) is 4.79 Å². The molecule has 1 N–H and O–H groups in total. The minimum absolute atomic E-state index is 0. The number of amides is 1. The summed E-state index contributed by atoms with van der Waals surface area (Å²) in [5.74, 6) is 0.152. The topological polar surface area (TPSA) is 49.0 Å². The molecule has 106 valence electrons. The Hall–Kier alpha value is -1.81. The molecule has 2 heterocycles. The molecule has 1 aliphatic rings. The van der Waals surface area contributed by atoms with Gasteiger partial charge in [-0.1, -0.05) is 30.3 Å². The molecule has 5 heteroatoms. The summed E-state index contributed by atoms with van der Waals surface area (Å²) in [6.07, 6.45) is 1.73. The Morgan fingerprint density at radius 1 is 1.20 bits per heavy atom. The highest BCUT2D eigenvalue weighted by Gasteiger charge is 2.21. The molecule has 1 aromatic heterocycles. The Bertz CT molecular complexity index is 594. The van der Waals surface area contributed by atoms with Crippen molar-refractivity contribution in [3.05, 3.63) is 41.6 Å². The van der Waals surface area contributed by atoms with Crippen molar-refractivity contribution in [3.63, 3.8) is 0 Å². The molecule has 20 heavy (non-hydrogen) atoms. The van der Waals surface area contributed by atoms with Gasteiger partial charge in [0.2, 0.25) is 5.91 Å². The average molecular weight is 292 g/mol. The summed E-state index contributed by atoms with van der Waals surface area (Å²) in [6.45, 7) is 3.19. The van der Waals surface area contributed by atoms with Crippen molar-refractivity contribution in [1.29, 1.82) is 0 Å². The third-order valence-electron chi connectivity index (χ3n) is 3.71. The number of halogens is 1. The van der Waals surface area contributed by atoms with E-state index in [1.54, 1.807) is 6.92 Å². The molecule has 0 unspecified atom stereocenters. The molecule has 0 spiro atoms. The summed E-state index contributed by atoms with van der Waals surface area (Å²) in [5, 5.41) is 7.59. The number of benzene rings is 1. The lowest BCUT2D eigenvalue weighted by atomic mass is 10.0. The fourth-order valence-corrected chi connectivity index (χ4v) is 2.63. The standard InChI is InChI=1S/C15H17N3O.ClH/c1-11(19)18-9-7-13-14(8-10-18)16-17-15(13)12-5-3-2-4-6-12;/h2-6H,7-10H2,1H3,(H,16,17);1H. The fourth-order valence-electron chi connectivity index (χ4n) is 2.63. The van der Waals surface area contributed by atoms with Crippen molar-refractivity contribution in [3.8, 4) is 11.3 Å². The van der Waals surface area contributed by atoms with Crippen molar-refractivity contribution in [2.24, 2.45) is 0 Å². The van der Waals surface area contributed by atoms with Gasteiger partial charge in [-0.2, -0.15) is 5.10 Å². The van der Waals surface area contributed by atoms with E-state index in [4.69, 9.17) is 0 Å². The number of nitrogens with one attached hydrogen (secondary N) is 1. The van der Waals surface area contributed by atoms with E-state index in [1.807, 2.05) is 23.1 Å². The molecule has 1 aliphatic heterocycles. The Labute approximate surface area is 124 Å². The molecule has 0 bridgehead atoms. The van der Waals surface area contributed by atoms with E-state index in [2.05, 4.69) is 22.3 Å². The number of hydrogen-bond acceptors (Lipinski definition) is 2. The molecule has 4 nitrogen and oxygen atoms in total. The lowest BCUT2D eigenvalue weighted by molar-refractivity contribution is -0.128. The van der Waals surface area contributed by atoms with Crippen LogP contribution in [0.1, 0.15) is 18.2 Å². The van der Waals surface area contributed by atoms with E-state index in [-0.39, 0.29) is 18.3 Å². The van der Waals surface area contributed by atoms with Crippen LogP contribution in [0.25, 0.3) is 11.3 Å². The number of fused-ring (bicyclic) bond motifs is 1. The highest BCUT2D eigenvalue weighted by Crippen LogP contribution is 2.26. The second kappa shape index (κ2) is 6.09. The highest BCUT2D eigenvalue weighted by molar-refractivity contribution is 5.85. The lowest BCUT2D eigenvalue weighted by Gasteiger charge is -2.17. The first kappa shape index (κ1) is 14.6. The minimum Gasteiger partial charge on any atom is -0.342 e. The van der Waals surface area contributed by atoms with E-state index >= 15 is 0 Å². The maximum absolute atomic E-state index is 11.5. The van der Waals surface area contributed by atoms with Crippen molar-refractivity contribution in [2.45, 2.75) is 19.8 Å². The zero-order chi connectivity index (χ0) is 13.2. The second-order valence-corrected chi connectivity index (χ2v) is 4.90. The third kappa shape index (κ3) is 2.70. The van der Waals surface area contributed by atoms with Gasteiger partial charge < -0.3 is 4.90 Å². The van der Waals surface area contributed by atoms with E-state index in [1.165, 1.54) is 11.3 Å². The molecular weight excluding hydrogens is 274 g/mol. The predicted molar refractivity (Wildman–Crippen MR) is 80.9 cm³/mol. The molecular formula is C15H18ClN3O. The van der Waals surface area contributed by atoms with Crippen LogP contribution in [0, 0.1) is 0 Å². The summed E-state index contributed by atoms with van der Waals surface area (Å²) in [7, 11) is 0. The summed E-state index contributed by atoms with van der Waals surface area (Å²) in [4.78, 5) is 13.4. The zero-order valence-corrected chi connectivity index (χ0v) is 12.2. The Kier molecular flexibility index (Phi) is 4.45. The monoisotopic (exact) mass is 291 g/mol. The molecule has 0 saturated carbocycles. The van der Waals surface area contributed by atoms with Crippen molar-refractivity contribution >= 4 is 18.3 Å². The number of aromatic amines is 1. The van der Waals surface area contributed by atoms with Gasteiger partial charge >= 0.3 is 0 Å².